The molecule has 102 valence electrons. The molecule has 3 rings (SSSR count). The van der Waals surface area contributed by atoms with E-state index in [1.54, 1.807) is 17.7 Å². The van der Waals surface area contributed by atoms with Crippen LogP contribution in [0.1, 0.15) is 4.88 Å². The third-order valence-electron chi connectivity index (χ3n) is 2.95. The molecule has 0 atom stereocenters. The third kappa shape index (κ3) is 2.84. The Hall–Kier alpha value is -1.85. The van der Waals surface area contributed by atoms with E-state index in [9.17, 15) is 0 Å². The number of hydrogen-bond acceptors (Lipinski definition) is 4. The number of thiophene rings is 1. The molecule has 0 amide bonds. The van der Waals surface area contributed by atoms with E-state index in [1.807, 2.05) is 48.0 Å². The maximum atomic E-state index is 5.91. The summed E-state index contributed by atoms with van der Waals surface area (Å²) in [6.45, 7) is 0.778. The molecule has 0 unspecified atom stereocenters. The van der Waals surface area contributed by atoms with Gasteiger partial charge in [0.05, 0.1) is 4.34 Å². The van der Waals surface area contributed by atoms with Crippen molar-refractivity contribution >= 4 is 28.6 Å². The average molecular weight is 305 g/mol. The van der Waals surface area contributed by atoms with Crippen LogP contribution in [0.15, 0.2) is 42.7 Å². The minimum Gasteiger partial charge on any atom is -0.380 e. The minimum absolute atomic E-state index is 0.778. The number of rotatable bonds is 4. The Labute approximate surface area is 126 Å². The lowest BCUT2D eigenvalue weighted by molar-refractivity contribution is 0.920. The molecule has 0 bridgehead atoms. The van der Waals surface area contributed by atoms with Gasteiger partial charge in [0, 0.05) is 29.7 Å². The van der Waals surface area contributed by atoms with Gasteiger partial charge < -0.3 is 9.88 Å². The number of nitrogens with zero attached hydrogens (tertiary/aromatic N) is 3. The van der Waals surface area contributed by atoms with E-state index in [0.717, 1.165) is 28.0 Å². The highest BCUT2D eigenvalue weighted by atomic mass is 35.5. The minimum atomic E-state index is 0.778. The molecule has 1 N–H and O–H groups in total. The molecule has 2 heterocycles. The van der Waals surface area contributed by atoms with E-state index >= 15 is 0 Å². The molecule has 0 saturated carbocycles. The summed E-state index contributed by atoms with van der Waals surface area (Å²) in [5.41, 5.74) is 2.12. The topological polar surface area (TPSA) is 42.7 Å². The third-order valence-corrected chi connectivity index (χ3v) is 4.18. The summed E-state index contributed by atoms with van der Waals surface area (Å²) in [5.74, 6) is 0.863. The van der Waals surface area contributed by atoms with Crippen molar-refractivity contribution in [3.05, 3.63) is 51.9 Å². The molecule has 0 aliphatic heterocycles. The first kappa shape index (κ1) is 13.1. The van der Waals surface area contributed by atoms with Crippen molar-refractivity contribution in [2.75, 3.05) is 5.32 Å². The van der Waals surface area contributed by atoms with Crippen LogP contribution in [0, 0.1) is 0 Å². The second kappa shape index (κ2) is 5.64. The molecule has 6 heteroatoms. The largest absolute Gasteiger partial charge is 0.380 e. The van der Waals surface area contributed by atoms with Gasteiger partial charge in [-0.2, -0.15) is 0 Å². The van der Waals surface area contributed by atoms with E-state index < -0.39 is 0 Å². The standard InChI is InChI=1S/C14H13ClN4S/c1-19-9-17-18-14(19)10-2-4-11(5-3-10)16-8-12-6-7-13(15)20-12/h2-7,9,16H,8H2,1H3. The number of benzene rings is 1. The molecule has 20 heavy (non-hydrogen) atoms. The average Bonchev–Trinajstić information content (AvgIpc) is 3.06. The molecule has 0 spiro atoms. The summed E-state index contributed by atoms with van der Waals surface area (Å²) >= 11 is 7.50. The predicted octanol–water partition coefficient (Wildman–Crippen LogP) is 3.81. The van der Waals surface area contributed by atoms with Gasteiger partial charge in [-0.15, -0.1) is 21.5 Å². The van der Waals surface area contributed by atoms with Crippen molar-refractivity contribution in [3.8, 4) is 11.4 Å². The van der Waals surface area contributed by atoms with Crippen molar-refractivity contribution < 1.29 is 0 Å². The van der Waals surface area contributed by atoms with Gasteiger partial charge in [-0.25, -0.2) is 0 Å². The van der Waals surface area contributed by atoms with Crippen LogP contribution in [0.5, 0.6) is 0 Å². The molecule has 0 aliphatic rings. The number of hydrogen-bond donors (Lipinski definition) is 1. The maximum absolute atomic E-state index is 5.91. The number of halogens is 1. The van der Waals surface area contributed by atoms with Crippen LogP contribution in [0.25, 0.3) is 11.4 Å². The lowest BCUT2D eigenvalue weighted by Gasteiger charge is -2.06. The molecule has 0 saturated heterocycles. The van der Waals surface area contributed by atoms with Crippen LogP contribution >= 0.6 is 22.9 Å². The lowest BCUT2D eigenvalue weighted by Crippen LogP contribution is -1.97. The molecule has 1 aromatic carbocycles. The van der Waals surface area contributed by atoms with Crippen molar-refractivity contribution in [3.63, 3.8) is 0 Å². The zero-order chi connectivity index (χ0) is 13.9. The lowest BCUT2D eigenvalue weighted by atomic mass is 10.2. The quantitative estimate of drug-likeness (QED) is 0.797. The van der Waals surface area contributed by atoms with Crippen molar-refractivity contribution in [1.29, 1.82) is 0 Å². The van der Waals surface area contributed by atoms with Gasteiger partial charge in [0.15, 0.2) is 5.82 Å². The molecular weight excluding hydrogens is 292 g/mol. The summed E-state index contributed by atoms with van der Waals surface area (Å²) in [5, 5.41) is 11.3. The van der Waals surface area contributed by atoms with Gasteiger partial charge in [0.2, 0.25) is 0 Å². The summed E-state index contributed by atoms with van der Waals surface area (Å²) in [6, 6.07) is 12.1. The molecule has 2 aromatic heterocycles. The highest BCUT2D eigenvalue weighted by molar-refractivity contribution is 7.16. The Kier molecular flexibility index (Phi) is 3.71. The highest BCUT2D eigenvalue weighted by Crippen LogP contribution is 2.23. The molecule has 0 radical (unpaired) electrons. The predicted molar refractivity (Wildman–Crippen MR) is 83.1 cm³/mol. The summed E-state index contributed by atoms with van der Waals surface area (Å²) in [4.78, 5) is 1.22. The van der Waals surface area contributed by atoms with Crippen molar-refractivity contribution in [2.24, 2.45) is 7.05 Å². The van der Waals surface area contributed by atoms with Gasteiger partial charge in [0.1, 0.15) is 6.33 Å². The van der Waals surface area contributed by atoms with Gasteiger partial charge in [-0.05, 0) is 36.4 Å². The Bertz CT molecular complexity index is 702. The first-order chi connectivity index (χ1) is 9.72. The SMILES string of the molecule is Cn1cnnc1-c1ccc(NCc2ccc(Cl)s2)cc1. The molecule has 4 nitrogen and oxygen atoms in total. The Morgan fingerprint density at radius 3 is 2.60 bits per heavy atom. The number of aromatic nitrogens is 3. The van der Waals surface area contributed by atoms with Crippen molar-refractivity contribution in [1.82, 2.24) is 14.8 Å². The van der Waals surface area contributed by atoms with E-state index in [0.29, 0.717) is 0 Å². The molecule has 0 aliphatic carbocycles. The van der Waals surface area contributed by atoms with Gasteiger partial charge in [0.25, 0.3) is 0 Å². The van der Waals surface area contributed by atoms with E-state index in [4.69, 9.17) is 11.6 Å². The summed E-state index contributed by atoms with van der Waals surface area (Å²) < 4.78 is 2.72. The summed E-state index contributed by atoms with van der Waals surface area (Å²) in [7, 11) is 1.93. The van der Waals surface area contributed by atoms with Crippen LogP contribution in [-0.4, -0.2) is 14.8 Å². The number of nitrogens with one attached hydrogen (secondary N) is 1. The maximum Gasteiger partial charge on any atom is 0.163 e. The zero-order valence-corrected chi connectivity index (χ0v) is 12.4. The molecule has 0 fully saturated rings. The van der Waals surface area contributed by atoms with Crippen molar-refractivity contribution in [2.45, 2.75) is 6.54 Å². The van der Waals surface area contributed by atoms with E-state index in [2.05, 4.69) is 15.5 Å². The monoisotopic (exact) mass is 304 g/mol. The fourth-order valence-electron chi connectivity index (χ4n) is 1.92. The van der Waals surface area contributed by atoms with Gasteiger partial charge in [-0.3, -0.25) is 0 Å². The van der Waals surface area contributed by atoms with Crippen LogP contribution in [0.4, 0.5) is 5.69 Å². The highest BCUT2D eigenvalue weighted by Gasteiger charge is 2.04. The smallest absolute Gasteiger partial charge is 0.163 e. The first-order valence-electron chi connectivity index (χ1n) is 6.15. The van der Waals surface area contributed by atoms with Gasteiger partial charge in [-0.1, -0.05) is 11.6 Å². The van der Waals surface area contributed by atoms with Crippen LogP contribution < -0.4 is 5.32 Å². The molecular formula is C14H13ClN4S. The van der Waals surface area contributed by atoms with E-state index in [-0.39, 0.29) is 0 Å². The second-order valence-electron chi connectivity index (χ2n) is 4.40. The Morgan fingerprint density at radius 1 is 1.20 bits per heavy atom. The first-order valence-corrected chi connectivity index (χ1v) is 7.34. The number of anilines is 1. The molecule has 3 aromatic rings. The second-order valence-corrected chi connectivity index (χ2v) is 6.20. The Morgan fingerprint density at radius 2 is 2.00 bits per heavy atom. The van der Waals surface area contributed by atoms with E-state index in [1.165, 1.54) is 4.88 Å². The normalized spacial score (nSPS) is 10.7. The zero-order valence-electron chi connectivity index (χ0n) is 10.9. The van der Waals surface area contributed by atoms with Crippen LogP contribution in [0.3, 0.4) is 0 Å². The summed E-state index contributed by atoms with van der Waals surface area (Å²) in [6.07, 6.45) is 1.70. The number of aryl methyl sites for hydroxylation is 1. The van der Waals surface area contributed by atoms with Gasteiger partial charge >= 0.3 is 0 Å². The Balaban J connectivity index is 1.69. The van der Waals surface area contributed by atoms with Crippen LogP contribution in [-0.2, 0) is 13.6 Å². The van der Waals surface area contributed by atoms with Crippen LogP contribution in [0.2, 0.25) is 4.34 Å². The fourth-order valence-corrected chi connectivity index (χ4v) is 2.94. The fraction of sp³-hybridized carbons (Fsp3) is 0.143.